The zero-order valence-electron chi connectivity index (χ0n) is 9.70. The Bertz CT molecular complexity index is 505. The van der Waals surface area contributed by atoms with Gasteiger partial charge < -0.3 is 0 Å². The van der Waals surface area contributed by atoms with Crippen LogP contribution in [0.1, 0.15) is 11.8 Å². The van der Waals surface area contributed by atoms with Gasteiger partial charge in [-0.25, -0.2) is 0 Å². The van der Waals surface area contributed by atoms with Crippen molar-refractivity contribution in [2.75, 3.05) is 6.26 Å². The molecule has 0 fully saturated rings. The fraction of sp³-hybridized carbons (Fsp3) is 0.231. The number of rotatable bonds is 4. The maximum Gasteiger partial charge on any atom is 0.0649 e. The van der Waals surface area contributed by atoms with Gasteiger partial charge in [-0.05, 0) is 58.9 Å². The summed E-state index contributed by atoms with van der Waals surface area (Å²) in [6.07, 6.45) is 3.22. The highest BCUT2D eigenvalue weighted by molar-refractivity contribution is 9.10. The molecule has 17 heavy (non-hydrogen) atoms. The summed E-state index contributed by atoms with van der Waals surface area (Å²) in [6.45, 7) is 2.20. The minimum atomic E-state index is 1.13. The van der Waals surface area contributed by atoms with Crippen molar-refractivity contribution in [3.8, 4) is 0 Å². The second-order valence-corrected chi connectivity index (χ2v) is 7.72. The summed E-state index contributed by atoms with van der Waals surface area (Å²) < 4.78 is 2.55. The molecule has 1 heterocycles. The van der Waals surface area contributed by atoms with Crippen LogP contribution in [0.4, 0.5) is 0 Å². The number of aryl methyl sites for hydroxylation is 1. The average Bonchev–Trinajstić information content (AvgIpc) is 2.77. The summed E-state index contributed by atoms with van der Waals surface area (Å²) in [5, 5.41) is 0. The molecule has 0 amide bonds. The first-order chi connectivity index (χ1) is 8.22. The summed E-state index contributed by atoms with van der Waals surface area (Å²) in [5.41, 5.74) is 0. The largest absolute Gasteiger partial charge is 0.134 e. The standard InChI is InChI=1S/C13H13BrS3/c1-3-9-5-7-13(16-9)17-10-4-6-12(15-2)11(14)8-10/h4-8H,3H2,1-2H3. The first-order valence-electron chi connectivity index (χ1n) is 5.33. The monoisotopic (exact) mass is 344 g/mol. The smallest absolute Gasteiger partial charge is 0.0649 e. The third kappa shape index (κ3) is 3.53. The minimum absolute atomic E-state index is 1.13. The van der Waals surface area contributed by atoms with Gasteiger partial charge in [-0.2, -0.15) is 0 Å². The summed E-state index contributed by atoms with van der Waals surface area (Å²) in [4.78, 5) is 4.03. The molecule has 2 rings (SSSR count). The lowest BCUT2D eigenvalue weighted by molar-refractivity contribution is 1.19. The number of hydrogen-bond acceptors (Lipinski definition) is 3. The highest BCUT2D eigenvalue weighted by Gasteiger charge is 2.04. The van der Waals surface area contributed by atoms with Crippen LogP contribution in [0.2, 0.25) is 0 Å². The van der Waals surface area contributed by atoms with Crippen LogP contribution in [0.3, 0.4) is 0 Å². The van der Waals surface area contributed by atoms with E-state index in [2.05, 4.69) is 59.4 Å². The maximum absolute atomic E-state index is 3.61. The van der Waals surface area contributed by atoms with E-state index in [0.717, 1.165) is 6.42 Å². The highest BCUT2D eigenvalue weighted by Crippen LogP contribution is 2.36. The molecule has 0 saturated carbocycles. The second-order valence-electron chi connectivity index (χ2n) is 3.47. The molecule has 0 bridgehead atoms. The SMILES string of the molecule is CCc1ccc(Sc2ccc(SC)c(Br)c2)s1. The lowest BCUT2D eigenvalue weighted by Crippen LogP contribution is -1.75. The molecule has 0 atom stereocenters. The van der Waals surface area contributed by atoms with Gasteiger partial charge in [-0.15, -0.1) is 23.1 Å². The first-order valence-corrected chi connectivity index (χ1v) is 8.98. The Kier molecular flexibility index (Phi) is 5.03. The van der Waals surface area contributed by atoms with Gasteiger partial charge in [-0.1, -0.05) is 18.7 Å². The van der Waals surface area contributed by atoms with Crippen LogP contribution < -0.4 is 0 Å². The zero-order chi connectivity index (χ0) is 12.3. The van der Waals surface area contributed by atoms with E-state index >= 15 is 0 Å². The topological polar surface area (TPSA) is 0 Å². The van der Waals surface area contributed by atoms with E-state index in [4.69, 9.17) is 0 Å². The molecular formula is C13H13BrS3. The second kappa shape index (κ2) is 6.32. The quantitative estimate of drug-likeness (QED) is 0.628. The van der Waals surface area contributed by atoms with E-state index in [0.29, 0.717) is 0 Å². The first kappa shape index (κ1) is 13.5. The summed E-state index contributed by atoms with van der Waals surface area (Å²) in [7, 11) is 0. The molecular weight excluding hydrogens is 332 g/mol. The number of hydrogen-bond donors (Lipinski definition) is 0. The fourth-order valence-electron chi connectivity index (χ4n) is 1.43. The van der Waals surface area contributed by atoms with E-state index in [9.17, 15) is 0 Å². The van der Waals surface area contributed by atoms with Gasteiger partial charge in [0.05, 0.1) is 4.21 Å². The molecule has 0 aliphatic carbocycles. The van der Waals surface area contributed by atoms with Crippen molar-refractivity contribution in [2.24, 2.45) is 0 Å². The lowest BCUT2D eigenvalue weighted by atomic mass is 10.4. The Labute approximate surface area is 123 Å². The van der Waals surface area contributed by atoms with Crippen LogP contribution in [-0.2, 0) is 6.42 Å². The van der Waals surface area contributed by atoms with Gasteiger partial charge in [0.2, 0.25) is 0 Å². The van der Waals surface area contributed by atoms with Crippen molar-refractivity contribution < 1.29 is 0 Å². The van der Waals surface area contributed by atoms with Gasteiger partial charge >= 0.3 is 0 Å². The Morgan fingerprint density at radius 3 is 2.65 bits per heavy atom. The van der Waals surface area contributed by atoms with Crippen LogP contribution in [0.25, 0.3) is 0 Å². The van der Waals surface area contributed by atoms with Gasteiger partial charge in [0.15, 0.2) is 0 Å². The van der Waals surface area contributed by atoms with Crippen molar-refractivity contribution in [3.63, 3.8) is 0 Å². The number of halogens is 1. The number of thioether (sulfide) groups is 1. The molecule has 0 N–H and O–H groups in total. The van der Waals surface area contributed by atoms with Crippen molar-refractivity contribution in [3.05, 3.63) is 39.7 Å². The molecule has 0 unspecified atom stereocenters. The van der Waals surface area contributed by atoms with Crippen LogP contribution in [-0.4, -0.2) is 6.26 Å². The van der Waals surface area contributed by atoms with Gasteiger partial charge in [0.25, 0.3) is 0 Å². The zero-order valence-corrected chi connectivity index (χ0v) is 13.7. The van der Waals surface area contributed by atoms with Crippen LogP contribution >= 0.6 is 50.8 Å². The molecule has 1 aromatic carbocycles. The molecule has 4 heteroatoms. The van der Waals surface area contributed by atoms with Crippen LogP contribution in [0, 0.1) is 0 Å². The highest BCUT2D eigenvalue weighted by atomic mass is 79.9. The van der Waals surface area contributed by atoms with Gasteiger partial charge in [0, 0.05) is 19.1 Å². The summed E-state index contributed by atoms with van der Waals surface area (Å²) >= 11 is 9.10. The van der Waals surface area contributed by atoms with Crippen molar-refractivity contribution in [1.29, 1.82) is 0 Å². The maximum atomic E-state index is 3.61. The van der Waals surface area contributed by atoms with Crippen molar-refractivity contribution in [2.45, 2.75) is 27.3 Å². The molecule has 0 saturated heterocycles. The van der Waals surface area contributed by atoms with Gasteiger partial charge in [0.1, 0.15) is 0 Å². The number of benzene rings is 1. The molecule has 90 valence electrons. The van der Waals surface area contributed by atoms with Crippen LogP contribution in [0.5, 0.6) is 0 Å². The third-order valence-electron chi connectivity index (χ3n) is 2.33. The average molecular weight is 345 g/mol. The van der Waals surface area contributed by atoms with E-state index in [1.807, 2.05) is 23.1 Å². The normalized spacial score (nSPS) is 10.8. The minimum Gasteiger partial charge on any atom is -0.134 e. The molecule has 0 aliphatic rings. The summed E-state index contributed by atoms with van der Waals surface area (Å²) in [6, 6.07) is 11.0. The molecule has 0 spiro atoms. The fourth-order valence-corrected chi connectivity index (χ4v) is 5.04. The molecule has 0 aliphatic heterocycles. The Hall–Kier alpha value is 0.1000. The summed E-state index contributed by atoms with van der Waals surface area (Å²) in [5.74, 6) is 0. The Morgan fingerprint density at radius 2 is 2.06 bits per heavy atom. The van der Waals surface area contributed by atoms with Crippen LogP contribution in [0.15, 0.2) is 48.8 Å². The van der Waals surface area contributed by atoms with E-state index < -0.39 is 0 Å². The third-order valence-corrected chi connectivity index (χ3v) is 6.39. The van der Waals surface area contributed by atoms with Crippen molar-refractivity contribution >= 4 is 50.8 Å². The van der Waals surface area contributed by atoms with E-state index in [1.54, 1.807) is 11.8 Å². The Morgan fingerprint density at radius 1 is 1.24 bits per heavy atom. The number of thiophene rings is 1. The predicted molar refractivity (Wildman–Crippen MR) is 83.7 cm³/mol. The molecule has 2 aromatic rings. The van der Waals surface area contributed by atoms with Gasteiger partial charge in [-0.3, -0.25) is 0 Å². The molecule has 0 nitrogen and oxygen atoms in total. The van der Waals surface area contributed by atoms with E-state index in [1.165, 1.54) is 23.4 Å². The van der Waals surface area contributed by atoms with E-state index in [-0.39, 0.29) is 0 Å². The Balaban J connectivity index is 2.15. The molecule has 1 aromatic heterocycles. The van der Waals surface area contributed by atoms with Crippen molar-refractivity contribution in [1.82, 2.24) is 0 Å². The lowest BCUT2D eigenvalue weighted by Gasteiger charge is -2.03. The predicted octanol–water partition coefficient (Wildman–Crippen LogP) is 5.95. The molecule has 0 radical (unpaired) electrons.